The lowest BCUT2D eigenvalue weighted by atomic mass is 10.1. The van der Waals surface area contributed by atoms with Crippen LogP contribution in [0.5, 0.6) is 0 Å². The zero-order valence-corrected chi connectivity index (χ0v) is 14.7. The predicted molar refractivity (Wildman–Crippen MR) is 94.7 cm³/mol. The van der Waals surface area contributed by atoms with Gasteiger partial charge in [-0.3, -0.25) is 9.69 Å². The van der Waals surface area contributed by atoms with Crippen molar-refractivity contribution in [3.05, 3.63) is 45.4 Å². The Morgan fingerprint density at radius 1 is 1.33 bits per heavy atom. The van der Waals surface area contributed by atoms with Crippen LogP contribution in [0.3, 0.4) is 0 Å². The van der Waals surface area contributed by atoms with E-state index < -0.39 is 0 Å². The summed E-state index contributed by atoms with van der Waals surface area (Å²) in [5.41, 5.74) is 2.62. The first kappa shape index (κ1) is 16.4. The van der Waals surface area contributed by atoms with Gasteiger partial charge in [0.15, 0.2) is 0 Å². The van der Waals surface area contributed by atoms with Crippen molar-refractivity contribution < 1.29 is 9.59 Å². The maximum absolute atomic E-state index is 12.4. The monoisotopic (exact) mass is 344 g/mol. The fourth-order valence-corrected chi connectivity index (χ4v) is 3.57. The van der Waals surface area contributed by atoms with Crippen molar-refractivity contribution >= 4 is 29.0 Å². The second kappa shape index (κ2) is 6.60. The number of aryl methyl sites for hydroxylation is 2. The van der Waals surface area contributed by atoms with Crippen LogP contribution >= 0.6 is 11.3 Å². The average Bonchev–Trinajstić information content (AvgIpc) is 3.12. The molecule has 126 valence electrons. The number of anilines is 1. The molecule has 2 N–H and O–H groups in total. The van der Waals surface area contributed by atoms with Crippen LogP contribution in [0, 0.1) is 13.8 Å². The summed E-state index contributed by atoms with van der Waals surface area (Å²) in [5.74, 6) is -0.103. The predicted octanol–water partition coefficient (Wildman–Crippen LogP) is 2.78. The van der Waals surface area contributed by atoms with E-state index in [-0.39, 0.29) is 18.0 Å². The Balaban J connectivity index is 1.69. The summed E-state index contributed by atoms with van der Waals surface area (Å²) in [6.45, 7) is 7.03. The van der Waals surface area contributed by atoms with Crippen LogP contribution in [-0.2, 0) is 0 Å². The van der Waals surface area contributed by atoms with Crippen LogP contribution in [0.2, 0.25) is 0 Å². The first-order chi connectivity index (χ1) is 11.5. The minimum Gasteiger partial charge on any atom is -0.345 e. The van der Waals surface area contributed by atoms with Gasteiger partial charge in [-0.05, 0) is 38.5 Å². The van der Waals surface area contributed by atoms with E-state index in [1.165, 1.54) is 11.3 Å². The van der Waals surface area contributed by atoms with E-state index in [1.54, 1.807) is 4.90 Å². The summed E-state index contributed by atoms with van der Waals surface area (Å²) in [5, 5.41) is 6.67. The summed E-state index contributed by atoms with van der Waals surface area (Å²) in [6.07, 6.45) is 0. The molecule has 1 unspecified atom stereocenters. The lowest BCUT2D eigenvalue weighted by Crippen LogP contribution is -2.28. The molecular formula is C17H20N4O2S. The fraction of sp³-hybridized carbons (Fsp3) is 0.353. The molecule has 0 radical (unpaired) electrons. The molecule has 1 atom stereocenters. The van der Waals surface area contributed by atoms with E-state index in [1.807, 2.05) is 45.0 Å². The quantitative estimate of drug-likeness (QED) is 0.896. The number of hydrogen-bond acceptors (Lipinski definition) is 4. The highest BCUT2D eigenvalue weighted by atomic mass is 32.1. The Bertz CT molecular complexity index is 769. The highest BCUT2D eigenvalue weighted by molar-refractivity contribution is 7.13. The third-order valence-corrected chi connectivity index (χ3v) is 5.09. The number of hydrogen-bond donors (Lipinski definition) is 2. The Morgan fingerprint density at radius 3 is 2.58 bits per heavy atom. The maximum atomic E-state index is 12.4. The lowest BCUT2D eigenvalue weighted by molar-refractivity contribution is 0.0943. The average molecular weight is 344 g/mol. The molecule has 0 aliphatic carbocycles. The first-order valence-corrected chi connectivity index (χ1v) is 8.67. The van der Waals surface area contributed by atoms with Crippen LogP contribution in [-0.4, -0.2) is 30.0 Å². The van der Waals surface area contributed by atoms with Crippen LogP contribution < -0.4 is 15.5 Å². The first-order valence-electron chi connectivity index (χ1n) is 7.86. The molecular weight excluding hydrogens is 324 g/mol. The standard InChI is InChI=1S/C17H20N4O2S/c1-10(20-16(22)15-11(2)19-12(3)24-15)13-4-6-14(7-5-13)21-9-8-18-17(21)23/h4-7,10H,8-9H2,1-3H3,(H,18,23)(H,20,22). The number of aromatic nitrogens is 1. The highest BCUT2D eigenvalue weighted by Crippen LogP contribution is 2.22. The van der Waals surface area contributed by atoms with Gasteiger partial charge in [0.1, 0.15) is 4.88 Å². The van der Waals surface area contributed by atoms with E-state index in [0.717, 1.165) is 22.0 Å². The van der Waals surface area contributed by atoms with Crippen LogP contribution in [0.1, 0.15) is 38.9 Å². The van der Waals surface area contributed by atoms with Crippen LogP contribution in [0.15, 0.2) is 24.3 Å². The summed E-state index contributed by atoms with van der Waals surface area (Å²) >= 11 is 1.40. The Labute approximate surface area is 144 Å². The zero-order valence-electron chi connectivity index (χ0n) is 13.9. The Kier molecular flexibility index (Phi) is 4.53. The molecule has 0 spiro atoms. The molecule has 1 aliphatic heterocycles. The molecule has 1 aromatic carbocycles. The van der Waals surface area contributed by atoms with Crippen LogP contribution in [0.25, 0.3) is 0 Å². The molecule has 1 saturated heterocycles. The van der Waals surface area contributed by atoms with Crippen molar-refractivity contribution in [2.45, 2.75) is 26.8 Å². The van der Waals surface area contributed by atoms with Crippen molar-refractivity contribution in [1.29, 1.82) is 0 Å². The van der Waals surface area contributed by atoms with Crippen molar-refractivity contribution in [3.8, 4) is 0 Å². The lowest BCUT2D eigenvalue weighted by Gasteiger charge is -2.17. The second-order valence-electron chi connectivity index (χ2n) is 5.82. The minimum absolute atomic E-state index is 0.0693. The van der Waals surface area contributed by atoms with Gasteiger partial charge in [-0.15, -0.1) is 11.3 Å². The largest absolute Gasteiger partial charge is 0.345 e. The van der Waals surface area contributed by atoms with Crippen molar-refractivity contribution in [2.75, 3.05) is 18.0 Å². The number of carbonyl (C=O) groups is 2. The van der Waals surface area contributed by atoms with Crippen molar-refractivity contribution in [1.82, 2.24) is 15.6 Å². The molecule has 2 heterocycles. The van der Waals surface area contributed by atoms with Gasteiger partial charge < -0.3 is 10.6 Å². The third kappa shape index (κ3) is 3.26. The molecule has 24 heavy (non-hydrogen) atoms. The molecule has 3 amide bonds. The highest BCUT2D eigenvalue weighted by Gasteiger charge is 2.21. The molecule has 2 aromatic rings. The SMILES string of the molecule is Cc1nc(C)c(C(=O)NC(C)c2ccc(N3CCNC3=O)cc2)s1. The Hall–Kier alpha value is -2.41. The van der Waals surface area contributed by atoms with Gasteiger partial charge in [-0.1, -0.05) is 12.1 Å². The summed E-state index contributed by atoms with van der Waals surface area (Å²) in [6, 6.07) is 7.50. The number of amides is 3. The second-order valence-corrected chi connectivity index (χ2v) is 7.02. The summed E-state index contributed by atoms with van der Waals surface area (Å²) in [4.78, 5) is 30.7. The number of nitrogens with zero attached hydrogens (tertiary/aromatic N) is 2. The maximum Gasteiger partial charge on any atom is 0.321 e. The smallest absolute Gasteiger partial charge is 0.321 e. The number of thiazole rings is 1. The number of benzene rings is 1. The molecule has 0 saturated carbocycles. The number of nitrogens with one attached hydrogen (secondary N) is 2. The number of carbonyl (C=O) groups excluding carboxylic acids is 2. The van der Waals surface area contributed by atoms with Crippen molar-refractivity contribution in [3.63, 3.8) is 0 Å². The zero-order chi connectivity index (χ0) is 17.3. The van der Waals surface area contributed by atoms with Gasteiger partial charge in [0.2, 0.25) is 0 Å². The minimum atomic E-state index is -0.124. The molecule has 6 nitrogen and oxygen atoms in total. The molecule has 1 aliphatic rings. The van der Waals surface area contributed by atoms with E-state index >= 15 is 0 Å². The van der Waals surface area contributed by atoms with Gasteiger partial charge in [-0.25, -0.2) is 9.78 Å². The Morgan fingerprint density at radius 2 is 2.04 bits per heavy atom. The summed E-state index contributed by atoms with van der Waals surface area (Å²) < 4.78 is 0. The molecule has 7 heteroatoms. The van der Waals surface area contributed by atoms with E-state index in [0.29, 0.717) is 18.0 Å². The molecule has 3 rings (SSSR count). The van der Waals surface area contributed by atoms with Crippen LogP contribution in [0.4, 0.5) is 10.5 Å². The topological polar surface area (TPSA) is 74.3 Å². The van der Waals surface area contributed by atoms with E-state index in [4.69, 9.17) is 0 Å². The summed E-state index contributed by atoms with van der Waals surface area (Å²) in [7, 11) is 0. The van der Waals surface area contributed by atoms with Gasteiger partial charge >= 0.3 is 6.03 Å². The number of rotatable bonds is 4. The van der Waals surface area contributed by atoms with Gasteiger partial charge in [0, 0.05) is 18.8 Å². The van der Waals surface area contributed by atoms with E-state index in [2.05, 4.69) is 15.6 Å². The van der Waals surface area contributed by atoms with E-state index in [9.17, 15) is 9.59 Å². The molecule has 1 aromatic heterocycles. The molecule has 0 bridgehead atoms. The van der Waals surface area contributed by atoms with Crippen molar-refractivity contribution in [2.24, 2.45) is 0 Å². The van der Waals surface area contributed by atoms with Gasteiger partial charge in [0.05, 0.1) is 16.7 Å². The number of urea groups is 1. The third-order valence-electron chi connectivity index (χ3n) is 4.02. The van der Waals surface area contributed by atoms with Gasteiger partial charge in [-0.2, -0.15) is 0 Å². The normalized spacial score (nSPS) is 15.3. The fourth-order valence-electron chi connectivity index (χ4n) is 2.75. The van der Waals surface area contributed by atoms with Gasteiger partial charge in [0.25, 0.3) is 5.91 Å². The molecule has 1 fully saturated rings.